The summed E-state index contributed by atoms with van der Waals surface area (Å²) in [5.41, 5.74) is 6.32. The Kier molecular flexibility index (Phi) is 27.6. The van der Waals surface area contributed by atoms with E-state index in [1.165, 1.54) is 81.9 Å². The maximum atomic E-state index is 13.3. The number of hydrogen-bond donors (Lipinski definition) is 4. The maximum absolute atomic E-state index is 13.3. The maximum Gasteiger partial charge on any atom is 0.376 e. The number of piperazine rings is 1. The van der Waals surface area contributed by atoms with Gasteiger partial charge >= 0.3 is 18.6 Å². The molecule has 3 aromatic heterocycles. The monoisotopic (exact) mass is 1510 g/mol. The molecule has 35 nitrogen and oxygen atoms in total. The number of likely N-dealkylation sites (N-methyl/N-ethyl adjacent to an activating group) is 4. The lowest BCUT2D eigenvalue weighted by Gasteiger charge is -2.32. The number of para-hydroxylation sites is 3. The van der Waals surface area contributed by atoms with Crippen LogP contribution in [0.25, 0.3) is 44.1 Å². The van der Waals surface area contributed by atoms with Crippen molar-refractivity contribution in [3.05, 3.63) is 292 Å². The number of nitro groups is 5. The fourth-order valence-corrected chi connectivity index (χ4v) is 10.6. The van der Waals surface area contributed by atoms with Gasteiger partial charge in [0.1, 0.15) is 17.5 Å². The Morgan fingerprint density at radius 2 is 1.04 bits per heavy atom. The van der Waals surface area contributed by atoms with Gasteiger partial charge in [-0.2, -0.15) is 0 Å². The molecular formula is C70H66BCl2N17O18. The number of amidine groups is 1. The SMILES string of the molecule is CB(O)N(C)CCN(C)Cc1nc2ccc([N+](=O)[O-])cc2c(=O)n1-c1ccccc1.CN1CCN(C)C(=Nc2ccc([N+](=O)[O-])cc2C(=O)Nc2ccccc2)C1.Nc1ccc([N+](=O)[O-])cc1C(=O)O.O=c1c2cc([N+](=O)[O-])ccc2nc(CCl)n1-c1ccccc1.O=c1oc(CCl)nc2ccc([N+](=O)[O-])cc12. The van der Waals surface area contributed by atoms with Crippen LogP contribution in [-0.2, 0) is 18.3 Å². The Morgan fingerprint density at radius 3 is 1.52 bits per heavy atom. The molecule has 0 aliphatic carbocycles. The highest BCUT2D eigenvalue weighted by molar-refractivity contribution is 6.45. The molecule has 0 saturated carbocycles. The molecule has 0 unspecified atom stereocenters. The summed E-state index contributed by atoms with van der Waals surface area (Å²) in [5, 5.41) is 75.4. The van der Waals surface area contributed by atoms with Crippen LogP contribution in [-0.4, -0.2) is 164 Å². The van der Waals surface area contributed by atoms with E-state index in [1.54, 1.807) is 67.5 Å². The van der Waals surface area contributed by atoms with E-state index < -0.39 is 49.2 Å². The van der Waals surface area contributed by atoms with Gasteiger partial charge in [0.15, 0.2) is 0 Å². The minimum absolute atomic E-state index is 0.0121. The number of halogens is 2. The summed E-state index contributed by atoms with van der Waals surface area (Å²) in [7, 11) is 7.15. The molecule has 556 valence electrons. The second-order valence-corrected chi connectivity index (χ2v) is 24.2. The van der Waals surface area contributed by atoms with Crippen molar-refractivity contribution >= 4 is 126 Å². The van der Waals surface area contributed by atoms with Gasteiger partial charge < -0.3 is 35.3 Å². The zero-order chi connectivity index (χ0) is 78.6. The lowest BCUT2D eigenvalue weighted by molar-refractivity contribution is -0.385. The van der Waals surface area contributed by atoms with Crippen LogP contribution in [0.4, 0.5) is 45.5 Å². The molecule has 11 aromatic rings. The Hall–Kier alpha value is -13.1. The number of carbonyl (C=O) groups excluding carboxylic acids is 1. The van der Waals surface area contributed by atoms with Gasteiger partial charge in [0.25, 0.3) is 45.5 Å². The quantitative estimate of drug-likeness (QED) is 0.0192. The number of nitrogens with zero attached hydrogens (tertiary/aromatic N) is 15. The summed E-state index contributed by atoms with van der Waals surface area (Å²) in [6, 6.07) is 46.4. The van der Waals surface area contributed by atoms with E-state index >= 15 is 0 Å². The first-order chi connectivity index (χ1) is 51.5. The summed E-state index contributed by atoms with van der Waals surface area (Å²) in [4.78, 5) is 137. The fraction of sp³-hybridized carbons (Fsp3) is 0.186. The molecule has 8 aromatic carbocycles. The zero-order valence-corrected chi connectivity index (χ0v) is 59.5. The van der Waals surface area contributed by atoms with E-state index in [1.807, 2.05) is 73.1 Å². The van der Waals surface area contributed by atoms with E-state index in [2.05, 4.69) is 30.2 Å². The molecule has 4 heterocycles. The molecule has 1 fully saturated rings. The van der Waals surface area contributed by atoms with Crippen LogP contribution < -0.4 is 27.8 Å². The van der Waals surface area contributed by atoms with Crippen LogP contribution in [0.15, 0.2) is 206 Å². The predicted octanol–water partition coefficient (Wildman–Crippen LogP) is 10.3. The number of carboxylic acid groups (broad SMARTS) is 1. The highest BCUT2D eigenvalue weighted by Gasteiger charge is 2.24. The molecule has 12 rings (SSSR count). The summed E-state index contributed by atoms with van der Waals surface area (Å²) in [5.74, 6) is 0.143. The van der Waals surface area contributed by atoms with Crippen molar-refractivity contribution in [3.8, 4) is 11.4 Å². The van der Waals surface area contributed by atoms with Crippen LogP contribution in [0.5, 0.6) is 0 Å². The van der Waals surface area contributed by atoms with Crippen LogP contribution in [0.2, 0.25) is 6.82 Å². The van der Waals surface area contributed by atoms with Gasteiger partial charge in [-0.15, -0.1) is 23.2 Å². The van der Waals surface area contributed by atoms with Crippen molar-refractivity contribution in [2.75, 3.05) is 72.0 Å². The molecule has 5 N–H and O–H groups in total. The van der Waals surface area contributed by atoms with Gasteiger partial charge in [0, 0.05) is 105 Å². The smallest absolute Gasteiger partial charge is 0.376 e. The van der Waals surface area contributed by atoms with Gasteiger partial charge in [0.05, 0.1) is 110 Å². The molecule has 108 heavy (non-hydrogen) atoms. The van der Waals surface area contributed by atoms with Crippen LogP contribution >= 0.6 is 23.2 Å². The first kappa shape index (κ1) is 80.6. The number of nitrogens with two attached hydrogens (primary N) is 1. The number of non-ortho nitro benzene ring substituents is 5. The minimum Gasteiger partial charge on any atom is -0.478 e. The number of aliphatic imine (C=N–C) groups is 1. The Morgan fingerprint density at radius 1 is 0.593 bits per heavy atom. The second-order valence-electron chi connectivity index (χ2n) is 23.7. The molecular weight excluding hydrogens is 1450 g/mol. The Labute approximate surface area is 621 Å². The Balaban J connectivity index is 0.000000175. The lowest BCUT2D eigenvalue weighted by Crippen LogP contribution is -2.46. The van der Waals surface area contributed by atoms with Gasteiger partial charge in [-0.3, -0.25) is 83.9 Å². The number of benzene rings is 8. The zero-order valence-electron chi connectivity index (χ0n) is 58.0. The second kappa shape index (κ2) is 37.0. The number of nitrogens with one attached hydrogen (secondary N) is 1. The average Bonchev–Trinajstić information content (AvgIpc) is 0.774. The first-order valence-electron chi connectivity index (χ1n) is 32.1. The minimum atomic E-state index is -1.28. The van der Waals surface area contributed by atoms with Crippen LogP contribution in [0.1, 0.15) is 38.3 Å². The molecule has 0 spiro atoms. The van der Waals surface area contributed by atoms with Gasteiger partial charge in [-0.05, 0) is 94.7 Å². The number of hydrogen-bond acceptors (Lipinski definition) is 25. The highest BCUT2D eigenvalue weighted by Crippen LogP contribution is 2.28. The van der Waals surface area contributed by atoms with Crippen molar-refractivity contribution in [2.45, 2.75) is 25.1 Å². The van der Waals surface area contributed by atoms with Crippen LogP contribution in [0, 0.1) is 50.6 Å². The third-order valence-electron chi connectivity index (χ3n) is 16.1. The third kappa shape index (κ3) is 20.9. The van der Waals surface area contributed by atoms with E-state index in [4.69, 9.17) is 38.5 Å². The number of alkyl halides is 2. The van der Waals surface area contributed by atoms with Gasteiger partial charge in [0.2, 0.25) is 5.89 Å². The summed E-state index contributed by atoms with van der Waals surface area (Å²) in [6.07, 6.45) is 0. The molecule has 1 aliphatic rings. The van der Waals surface area contributed by atoms with Gasteiger partial charge in [-0.25, -0.2) is 29.5 Å². The van der Waals surface area contributed by atoms with Crippen molar-refractivity contribution in [3.63, 3.8) is 0 Å². The largest absolute Gasteiger partial charge is 0.478 e. The number of anilines is 2. The summed E-state index contributed by atoms with van der Waals surface area (Å²) in [6.45, 7) is 5.80. The molecule has 0 atom stereocenters. The van der Waals surface area contributed by atoms with E-state index in [-0.39, 0.29) is 90.2 Å². The lowest BCUT2D eigenvalue weighted by atomic mass is 9.86. The van der Waals surface area contributed by atoms with E-state index in [9.17, 15) is 79.6 Å². The normalized spacial score (nSPS) is 12.2. The van der Waals surface area contributed by atoms with Crippen LogP contribution in [0.3, 0.4) is 0 Å². The van der Waals surface area contributed by atoms with E-state index in [0.29, 0.717) is 77.1 Å². The first-order valence-corrected chi connectivity index (χ1v) is 33.2. The number of rotatable bonds is 19. The van der Waals surface area contributed by atoms with Gasteiger partial charge in [-0.1, -0.05) is 54.6 Å². The Bertz CT molecular complexity index is 5410. The van der Waals surface area contributed by atoms with Crippen molar-refractivity contribution in [1.29, 1.82) is 0 Å². The van der Waals surface area contributed by atoms with E-state index in [0.717, 1.165) is 37.1 Å². The average molecular weight is 1520 g/mol. The number of carboxylic acids is 1. The number of fused-ring (bicyclic) bond motifs is 3. The van der Waals surface area contributed by atoms with Crippen molar-refractivity contribution in [1.82, 2.24) is 43.6 Å². The number of aromatic nitrogens is 5. The molecule has 0 radical (unpaired) electrons. The standard InChI is InChI=1S/C20H24BN5O4.C19H21N5O3.C15H10ClN3O3.C9H5ClN2O4.C7H6N2O4/c1-21(28)24(3)12-11-23(2)14-19-22-18-10-9-16(26(29)30)13-17(18)20(27)25(19)15-7-5-4-6-8-15;1-22-10-11-23(2)18(13-22)21-17-9-8-15(24(26)27)12-16(17)19(25)20-14-6-4-3-5-7-14;16-9-14-17-13-7-6-11(19(21)22)8-12(13)15(20)18(14)10-4-2-1-3-5-10;10-4-8-11-7-2-1-5(12(14)15)3-6(7)9(13)16-8;8-6-2-1-4(9(12)13)3-5(6)7(10)11/h4-10,13,28H,11-12,14H2,1-3H3;3-9,12H,10-11,13H2,1-2H3,(H,20,25);1-8H,9H2;1-3H,4H2;1-3H,8H2,(H,10,11). The molecule has 1 saturated heterocycles. The van der Waals surface area contributed by atoms with Crippen molar-refractivity contribution < 1.29 is 48.8 Å². The number of aromatic carboxylic acids is 1. The third-order valence-corrected chi connectivity index (χ3v) is 16.6. The molecule has 0 bridgehead atoms. The number of amides is 1. The number of carbonyl (C=O) groups is 2. The van der Waals surface area contributed by atoms with Crippen molar-refractivity contribution in [2.24, 2.45) is 4.99 Å². The summed E-state index contributed by atoms with van der Waals surface area (Å²) >= 11 is 11.4. The summed E-state index contributed by atoms with van der Waals surface area (Å²) < 4.78 is 7.63. The molecule has 1 aliphatic heterocycles. The number of nitrogen functional groups attached to an aromatic ring is 1. The molecule has 1 amide bonds. The fourth-order valence-electron chi connectivity index (χ4n) is 10.3. The highest BCUT2D eigenvalue weighted by atomic mass is 35.5. The number of nitro benzene ring substituents is 5. The predicted molar refractivity (Wildman–Crippen MR) is 406 cm³/mol. The topological polar surface area (TPSA) is 467 Å². The molecule has 38 heteroatoms.